The maximum atomic E-state index is 8.37. The average Bonchev–Trinajstić information content (AvgIpc) is 2.31. The summed E-state index contributed by atoms with van der Waals surface area (Å²) >= 11 is 0. The largest absolute Gasteiger partial charge is 0.198 e. The molecule has 0 fully saturated rings. The number of hydrogen-bond donors (Lipinski definition) is 0. The van der Waals surface area contributed by atoms with Crippen molar-refractivity contribution in [3.8, 4) is 6.07 Å². The monoisotopic (exact) mass is 222 g/mol. The standard InChI is InChI=1S/C15H28N/c1-2-3-4-5-6-7-8-9-10-11-12-13-14-15-16/h1-14H2. The zero-order valence-electron chi connectivity index (χ0n) is 10.8. The molecule has 0 aromatic heterocycles. The minimum atomic E-state index is 0.742. The van der Waals surface area contributed by atoms with Crippen LogP contribution in [0.25, 0.3) is 0 Å². The lowest BCUT2D eigenvalue weighted by Gasteiger charge is -2.01. The number of rotatable bonds is 12. The van der Waals surface area contributed by atoms with Gasteiger partial charge in [-0.05, 0) is 6.42 Å². The number of unbranched alkanes of at least 4 members (excludes halogenated alkanes) is 12. The lowest BCUT2D eigenvalue weighted by Crippen LogP contribution is -1.82. The molecule has 0 bridgehead atoms. The second-order valence-electron chi connectivity index (χ2n) is 4.65. The van der Waals surface area contributed by atoms with Crippen LogP contribution in [0.2, 0.25) is 0 Å². The van der Waals surface area contributed by atoms with E-state index in [1.54, 1.807) is 0 Å². The predicted molar refractivity (Wildman–Crippen MR) is 71.0 cm³/mol. The summed E-state index contributed by atoms with van der Waals surface area (Å²) < 4.78 is 0. The summed E-state index contributed by atoms with van der Waals surface area (Å²) in [5.74, 6) is 0. The molecule has 0 rings (SSSR count). The molecule has 0 saturated heterocycles. The first kappa shape index (κ1) is 15.5. The van der Waals surface area contributed by atoms with Crippen molar-refractivity contribution in [2.75, 3.05) is 0 Å². The molecule has 0 aliphatic carbocycles. The highest BCUT2D eigenvalue weighted by Gasteiger charge is 1.92. The zero-order valence-corrected chi connectivity index (χ0v) is 10.8. The fourth-order valence-electron chi connectivity index (χ4n) is 1.97. The van der Waals surface area contributed by atoms with E-state index < -0.39 is 0 Å². The van der Waals surface area contributed by atoms with Crippen molar-refractivity contribution in [1.29, 1.82) is 5.26 Å². The predicted octanol–water partition coefficient (Wildman–Crippen LogP) is 5.42. The molecule has 1 heteroatoms. The molecule has 16 heavy (non-hydrogen) atoms. The Hall–Kier alpha value is -0.510. The number of nitrogens with zero attached hydrogens (tertiary/aromatic N) is 1. The van der Waals surface area contributed by atoms with Gasteiger partial charge in [-0.15, -0.1) is 0 Å². The molecule has 0 unspecified atom stereocenters. The summed E-state index contributed by atoms with van der Waals surface area (Å²) in [6.45, 7) is 3.85. The first-order valence-electron chi connectivity index (χ1n) is 7.08. The highest BCUT2D eigenvalue weighted by Crippen LogP contribution is 2.12. The van der Waals surface area contributed by atoms with Crippen LogP contribution in [0.1, 0.15) is 83.5 Å². The highest BCUT2D eigenvalue weighted by atomic mass is 14.2. The Labute approximate surface area is 102 Å². The summed E-state index contributed by atoms with van der Waals surface area (Å²) in [7, 11) is 0. The lowest BCUT2D eigenvalue weighted by atomic mass is 10.0. The van der Waals surface area contributed by atoms with E-state index in [1.165, 1.54) is 64.2 Å². The van der Waals surface area contributed by atoms with Crippen LogP contribution in [0.3, 0.4) is 0 Å². The van der Waals surface area contributed by atoms with Crippen molar-refractivity contribution in [1.82, 2.24) is 0 Å². The Balaban J connectivity index is 2.86. The van der Waals surface area contributed by atoms with Gasteiger partial charge in [0.15, 0.2) is 0 Å². The second-order valence-corrected chi connectivity index (χ2v) is 4.65. The minimum absolute atomic E-state index is 0.742. The van der Waals surface area contributed by atoms with E-state index in [4.69, 9.17) is 5.26 Å². The third kappa shape index (κ3) is 13.5. The topological polar surface area (TPSA) is 23.8 Å². The normalized spacial score (nSPS) is 10.2. The van der Waals surface area contributed by atoms with Crippen LogP contribution < -0.4 is 0 Å². The molecule has 1 nitrogen and oxygen atoms in total. The molecular weight excluding hydrogens is 194 g/mol. The van der Waals surface area contributed by atoms with E-state index in [-0.39, 0.29) is 0 Å². The zero-order chi connectivity index (χ0) is 11.9. The molecule has 0 aliphatic rings. The third-order valence-corrected chi connectivity index (χ3v) is 3.04. The molecule has 0 N–H and O–H groups in total. The van der Waals surface area contributed by atoms with Crippen LogP contribution >= 0.6 is 0 Å². The van der Waals surface area contributed by atoms with Gasteiger partial charge in [-0.2, -0.15) is 5.26 Å². The Morgan fingerprint density at radius 3 is 1.38 bits per heavy atom. The van der Waals surface area contributed by atoms with Gasteiger partial charge in [-0.1, -0.05) is 77.6 Å². The van der Waals surface area contributed by atoms with Gasteiger partial charge in [0.2, 0.25) is 0 Å². The van der Waals surface area contributed by atoms with Crippen LogP contribution in [-0.2, 0) is 0 Å². The van der Waals surface area contributed by atoms with E-state index in [2.05, 4.69) is 13.0 Å². The third-order valence-electron chi connectivity index (χ3n) is 3.04. The van der Waals surface area contributed by atoms with Crippen LogP contribution in [0.15, 0.2) is 0 Å². The van der Waals surface area contributed by atoms with Gasteiger partial charge in [0.25, 0.3) is 0 Å². The minimum Gasteiger partial charge on any atom is -0.198 e. The van der Waals surface area contributed by atoms with Crippen molar-refractivity contribution < 1.29 is 0 Å². The van der Waals surface area contributed by atoms with Crippen LogP contribution in [0.5, 0.6) is 0 Å². The average molecular weight is 222 g/mol. The van der Waals surface area contributed by atoms with Gasteiger partial charge in [0, 0.05) is 6.42 Å². The van der Waals surface area contributed by atoms with Crippen molar-refractivity contribution >= 4 is 0 Å². The molecule has 1 radical (unpaired) electrons. The first-order valence-corrected chi connectivity index (χ1v) is 7.08. The molecule has 0 atom stereocenters. The van der Waals surface area contributed by atoms with E-state index >= 15 is 0 Å². The summed E-state index contributed by atoms with van der Waals surface area (Å²) in [5, 5.41) is 8.37. The van der Waals surface area contributed by atoms with E-state index in [0.717, 1.165) is 19.3 Å². The Morgan fingerprint density at radius 2 is 1.00 bits per heavy atom. The second kappa shape index (κ2) is 14.5. The van der Waals surface area contributed by atoms with Crippen molar-refractivity contribution in [2.24, 2.45) is 0 Å². The molecule has 0 amide bonds. The van der Waals surface area contributed by atoms with E-state index in [1.807, 2.05) is 0 Å². The van der Waals surface area contributed by atoms with Gasteiger partial charge in [0.1, 0.15) is 0 Å². The molecule has 0 spiro atoms. The van der Waals surface area contributed by atoms with E-state index in [9.17, 15) is 0 Å². The Kier molecular flexibility index (Phi) is 14.0. The van der Waals surface area contributed by atoms with Crippen molar-refractivity contribution in [2.45, 2.75) is 83.5 Å². The molecule has 0 aliphatic heterocycles. The fraction of sp³-hybridized carbons (Fsp3) is 0.867. The molecule has 0 heterocycles. The van der Waals surface area contributed by atoms with Crippen LogP contribution in [-0.4, -0.2) is 0 Å². The Bertz CT molecular complexity index is 157. The quantitative estimate of drug-likeness (QED) is 0.405. The van der Waals surface area contributed by atoms with Gasteiger partial charge in [0.05, 0.1) is 6.07 Å². The molecule has 0 saturated carbocycles. The number of hydrogen-bond acceptors (Lipinski definition) is 1. The van der Waals surface area contributed by atoms with Crippen molar-refractivity contribution in [3.05, 3.63) is 6.92 Å². The summed E-state index contributed by atoms with van der Waals surface area (Å²) in [6, 6.07) is 2.20. The van der Waals surface area contributed by atoms with Gasteiger partial charge in [-0.25, -0.2) is 0 Å². The number of nitriles is 1. The van der Waals surface area contributed by atoms with Crippen LogP contribution in [0.4, 0.5) is 0 Å². The molecule has 93 valence electrons. The first-order chi connectivity index (χ1) is 7.91. The highest BCUT2D eigenvalue weighted by molar-refractivity contribution is 4.67. The van der Waals surface area contributed by atoms with Gasteiger partial charge >= 0.3 is 0 Å². The maximum Gasteiger partial charge on any atom is 0.0621 e. The van der Waals surface area contributed by atoms with Gasteiger partial charge < -0.3 is 0 Å². The summed E-state index contributed by atoms with van der Waals surface area (Å²) in [6.07, 6.45) is 16.6. The maximum absolute atomic E-state index is 8.37. The Morgan fingerprint density at radius 1 is 0.625 bits per heavy atom. The van der Waals surface area contributed by atoms with Gasteiger partial charge in [-0.3, -0.25) is 0 Å². The lowest BCUT2D eigenvalue weighted by molar-refractivity contribution is 0.547. The summed E-state index contributed by atoms with van der Waals surface area (Å²) in [4.78, 5) is 0. The molecule has 0 aromatic carbocycles. The SMILES string of the molecule is [CH2]CCCCCCCCCCCCCC#N. The van der Waals surface area contributed by atoms with Crippen LogP contribution in [0, 0.1) is 18.3 Å². The fourth-order valence-corrected chi connectivity index (χ4v) is 1.97. The molecular formula is C15H28N. The van der Waals surface area contributed by atoms with E-state index in [0.29, 0.717) is 0 Å². The molecule has 0 aromatic rings. The summed E-state index contributed by atoms with van der Waals surface area (Å²) in [5.41, 5.74) is 0. The van der Waals surface area contributed by atoms with Crippen molar-refractivity contribution in [3.63, 3.8) is 0 Å². The smallest absolute Gasteiger partial charge is 0.0621 e.